The first kappa shape index (κ1) is 22.7. The third kappa shape index (κ3) is 2.95. The molecule has 0 aliphatic heterocycles. The minimum atomic E-state index is -0.303. The van der Waals surface area contributed by atoms with Crippen LogP contribution in [0, 0.1) is 10.8 Å². The SMILES string of the molecule is CCCN(CCC)C(=O)C1=C(C(=O)N(CCC)CCC)C2(C)C(C)=C(C)C12C. The van der Waals surface area contributed by atoms with Crippen LogP contribution in [0.1, 0.15) is 81.1 Å². The van der Waals surface area contributed by atoms with Gasteiger partial charge in [0.2, 0.25) is 0 Å². The number of rotatable bonds is 10. The molecule has 4 nitrogen and oxygen atoms in total. The Morgan fingerprint density at radius 3 is 1.11 bits per heavy atom. The zero-order valence-corrected chi connectivity index (χ0v) is 19.4. The Morgan fingerprint density at radius 2 is 0.893 bits per heavy atom. The second-order valence-electron chi connectivity index (χ2n) is 8.83. The molecular weight excluding hydrogens is 348 g/mol. The van der Waals surface area contributed by atoms with Crippen molar-refractivity contribution in [2.24, 2.45) is 10.8 Å². The summed E-state index contributed by atoms with van der Waals surface area (Å²) in [6.45, 7) is 20.0. The Hall–Kier alpha value is -1.58. The van der Waals surface area contributed by atoms with E-state index in [0.29, 0.717) is 0 Å². The van der Waals surface area contributed by atoms with Gasteiger partial charge in [-0.3, -0.25) is 9.59 Å². The van der Waals surface area contributed by atoms with Crippen LogP contribution in [0.25, 0.3) is 0 Å². The monoisotopic (exact) mass is 388 g/mol. The van der Waals surface area contributed by atoms with Crippen LogP contribution in [0.3, 0.4) is 0 Å². The Bertz CT molecular complexity index is 635. The lowest BCUT2D eigenvalue weighted by molar-refractivity contribution is -0.136. The highest BCUT2D eigenvalue weighted by Crippen LogP contribution is 2.75. The summed E-state index contributed by atoms with van der Waals surface area (Å²) in [6, 6.07) is 0. The number of hydrogen-bond donors (Lipinski definition) is 0. The lowest BCUT2D eigenvalue weighted by atomic mass is 9.35. The van der Waals surface area contributed by atoms with Gasteiger partial charge < -0.3 is 9.80 Å². The van der Waals surface area contributed by atoms with Crippen molar-refractivity contribution in [1.29, 1.82) is 0 Å². The van der Waals surface area contributed by atoms with Gasteiger partial charge in [0.05, 0.1) is 0 Å². The third-order valence-corrected chi connectivity index (χ3v) is 7.29. The fraction of sp³-hybridized carbons (Fsp3) is 0.750. The largest absolute Gasteiger partial charge is 0.339 e. The third-order valence-electron chi connectivity index (χ3n) is 7.29. The van der Waals surface area contributed by atoms with Crippen LogP contribution in [0.5, 0.6) is 0 Å². The maximum atomic E-state index is 13.6. The van der Waals surface area contributed by atoms with E-state index in [1.165, 1.54) is 11.1 Å². The molecule has 0 N–H and O–H groups in total. The smallest absolute Gasteiger partial charge is 0.251 e. The van der Waals surface area contributed by atoms with Crippen molar-refractivity contribution in [3.8, 4) is 0 Å². The van der Waals surface area contributed by atoms with Gasteiger partial charge in [0.15, 0.2) is 0 Å². The molecule has 2 rings (SSSR count). The molecule has 0 fully saturated rings. The molecule has 2 amide bonds. The summed E-state index contributed by atoms with van der Waals surface area (Å²) in [6.07, 6.45) is 3.73. The van der Waals surface area contributed by atoms with E-state index < -0.39 is 0 Å². The number of allylic oxidation sites excluding steroid dienone is 2. The molecule has 4 heteroatoms. The molecule has 0 saturated heterocycles. The van der Waals surface area contributed by atoms with E-state index in [9.17, 15) is 9.59 Å². The lowest BCUT2D eigenvalue weighted by Gasteiger charge is -2.67. The standard InChI is InChI=1S/C24H40N2O2/c1-9-13-25(14-10-2)21(27)19-20(22(28)26(15-11-3)16-12-4)24(8)18(6)17(5)23(19,24)7/h9-16H2,1-8H3. The number of hydrogen-bond acceptors (Lipinski definition) is 2. The van der Waals surface area contributed by atoms with Gasteiger partial charge in [-0.1, -0.05) is 52.7 Å². The minimum Gasteiger partial charge on any atom is -0.339 e. The Morgan fingerprint density at radius 1 is 0.643 bits per heavy atom. The summed E-state index contributed by atoms with van der Waals surface area (Å²) < 4.78 is 0. The molecule has 2 aliphatic rings. The molecule has 158 valence electrons. The Kier molecular flexibility index (Phi) is 6.83. The molecule has 0 radical (unpaired) electrons. The van der Waals surface area contributed by atoms with Crippen molar-refractivity contribution in [3.63, 3.8) is 0 Å². The summed E-state index contributed by atoms with van der Waals surface area (Å²) in [5, 5.41) is 0. The summed E-state index contributed by atoms with van der Waals surface area (Å²) in [5.41, 5.74) is 3.46. The van der Waals surface area contributed by atoms with Crippen molar-refractivity contribution in [2.45, 2.75) is 81.1 Å². The topological polar surface area (TPSA) is 40.6 Å². The van der Waals surface area contributed by atoms with Crippen LogP contribution in [-0.2, 0) is 9.59 Å². The van der Waals surface area contributed by atoms with Crippen molar-refractivity contribution in [1.82, 2.24) is 9.80 Å². The molecule has 0 aromatic rings. The van der Waals surface area contributed by atoms with Gasteiger partial charge in [-0.05, 0) is 39.5 Å². The van der Waals surface area contributed by atoms with E-state index in [1.54, 1.807) is 0 Å². The first-order valence-electron chi connectivity index (χ1n) is 11.2. The predicted molar refractivity (Wildman–Crippen MR) is 116 cm³/mol. The molecule has 0 spiro atoms. The van der Waals surface area contributed by atoms with Crippen molar-refractivity contribution >= 4 is 11.8 Å². The molecule has 0 saturated carbocycles. The predicted octanol–water partition coefficient (Wildman–Crippen LogP) is 4.96. The number of amides is 2. The molecule has 2 atom stereocenters. The maximum absolute atomic E-state index is 13.6. The number of carbonyl (C=O) groups is 2. The van der Waals surface area contributed by atoms with E-state index in [4.69, 9.17) is 0 Å². The zero-order valence-electron chi connectivity index (χ0n) is 19.4. The number of fused-ring (bicyclic) bond motifs is 1. The van der Waals surface area contributed by atoms with Gasteiger partial charge in [0, 0.05) is 48.2 Å². The van der Waals surface area contributed by atoms with Crippen LogP contribution in [0.4, 0.5) is 0 Å². The van der Waals surface area contributed by atoms with E-state index in [1.807, 2.05) is 9.80 Å². The van der Waals surface area contributed by atoms with Crippen LogP contribution in [-0.4, -0.2) is 47.8 Å². The molecule has 0 bridgehead atoms. The lowest BCUT2D eigenvalue weighted by Crippen LogP contribution is -2.65. The van der Waals surface area contributed by atoms with Gasteiger partial charge >= 0.3 is 0 Å². The fourth-order valence-corrected chi connectivity index (χ4v) is 5.42. The van der Waals surface area contributed by atoms with Crippen molar-refractivity contribution in [3.05, 3.63) is 22.3 Å². The van der Waals surface area contributed by atoms with Gasteiger partial charge in [-0.2, -0.15) is 0 Å². The minimum absolute atomic E-state index is 0.0758. The molecule has 28 heavy (non-hydrogen) atoms. The molecule has 2 aliphatic carbocycles. The number of nitrogens with zero attached hydrogens (tertiary/aromatic N) is 2. The molecular formula is C24H40N2O2. The summed E-state index contributed by atoms with van der Waals surface area (Å²) >= 11 is 0. The quantitative estimate of drug-likeness (QED) is 0.497. The normalized spacial score (nSPS) is 25.9. The summed E-state index contributed by atoms with van der Waals surface area (Å²) in [5.74, 6) is 0.152. The van der Waals surface area contributed by atoms with E-state index >= 15 is 0 Å². The molecule has 0 heterocycles. The van der Waals surface area contributed by atoms with Crippen LogP contribution in [0.2, 0.25) is 0 Å². The first-order valence-corrected chi connectivity index (χ1v) is 11.2. The second kappa shape index (κ2) is 8.42. The molecule has 0 aromatic heterocycles. The molecule has 2 unspecified atom stereocenters. The highest BCUT2D eigenvalue weighted by molar-refractivity contribution is 6.12. The highest BCUT2D eigenvalue weighted by Gasteiger charge is 2.71. The Labute approximate surface area is 172 Å². The van der Waals surface area contributed by atoms with E-state index in [2.05, 4.69) is 55.4 Å². The summed E-state index contributed by atoms with van der Waals surface area (Å²) in [7, 11) is 0. The average Bonchev–Trinajstić information content (AvgIpc) is 2.68. The van der Waals surface area contributed by atoms with Gasteiger partial charge in [0.1, 0.15) is 0 Å². The van der Waals surface area contributed by atoms with Gasteiger partial charge in [-0.25, -0.2) is 0 Å². The first-order chi connectivity index (χ1) is 13.2. The fourth-order valence-electron chi connectivity index (χ4n) is 5.42. The van der Waals surface area contributed by atoms with Gasteiger partial charge in [-0.15, -0.1) is 0 Å². The van der Waals surface area contributed by atoms with E-state index in [0.717, 1.165) is 63.0 Å². The van der Waals surface area contributed by atoms with Crippen molar-refractivity contribution < 1.29 is 9.59 Å². The van der Waals surface area contributed by atoms with E-state index in [-0.39, 0.29) is 22.6 Å². The number of carbonyl (C=O) groups excluding carboxylic acids is 2. The second-order valence-corrected chi connectivity index (χ2v) is 8.83. The zero-order chi connectivity index (χ0) is 21.3. The van der Waals surface area contributed by atoms with Crippen molar-refractivity contribution in [2.75, 3.05) is 26.2 Å². The Balaban J connectivity index is 2.55. The van der Waals surface area contributed by atoms with Crippen LogP contribution in [0.15, 0.2) is 22.3 Å². The molecule has 0 aromatic carbocycles. The summed E-state index contributed by atoms with van der Waals surface area (Å²) in [4.78, 5) is 31.2. The maximum Gasteiger partial charge on any atom is 0.251 e. The van der Waals surface area contributed by atoms with Crippen LogP contribution >= 0.6 is 0 Å². The average molecular weight is 389 g/mol. The van der Waals surface area contributed by atoms with Gasteiger partial charge in [0.25, 0.3) is 11.8 Å². The van der Waals surface area contributed by atoms with Crippen LogP contribution < -0.4 is 0 Å². The highest BCUT2D eigenvalue weighted by atomic mass is 16.2.